The molecular formula is C20H15Cl2NO4S2. The summed E-state index contributed by atoms with van der Waals surface area (Å²) in [5.41, 5.74) is 1.42. The minimum absolute atomic E-state index is 0.125. The molecule has 2 aliphatic rings. The minimum Gasteiger partial charge on any atom is -0.425 e. The van der Waals surface area contributed by atoms with Gasteiger partial charge in [-0.1, -0.05) is 35.3 Å². The van der Waals surface area contributed by atoms with Gasteiger partial charge in [-0.05, 0) is 36.8 Å². The number of fused-ring (bicyclic) bond motifs is 1. The Morgan fingerprint density at radius 1 is 1.03 bits per heavy atom. The summed E-state index contributed by atoms with van der Waals surface area (Å²) < 4.78 is 5.80. The van der Waals surface area contributed by atoms with E-state index in [9.17, 15) is 14.4 Å². The summed E-state index contributed by atoms with van der Waals surface area (Å²) in [6.07, 6.45) is 0. The van der Waals surface area contributed by atoms with E-state index < -0.39 is 23.8 Å². The maximum absolute atomic E-state index is 12.7. The van der Waals surface area contributed by atoms with E-state index >= 15 is 0 Å². The molecule has 2 aromatic carbocycles. The van der Waals surface area contributed by atoms with Crippen LogP contribution in [-0.4, -0.2) is 40.2 Å². The van der Waals surface area contributed by atoms with Crippen molar-refractivity contribution in [3.05, 3.63) is 63.1 Å². The number of halogens is 2. The molecule has 0 bridgehead atoms. The fourth-order valence-corrected chi connectivity index (χ4v) is 6.34. The molecule has 150 valence electrons. The van der Waals surface area contributed by atoms with Gasteiger partial charge in [-0.2, -0.15) is 0 Å². The molecule has 2 amide bonds. The van der Waals surface area contributed by atoms with Gasteiger partial charge >= 0.3 is 5.97 Å². The van der Waals surface area contributed by atoms with Gasteiger partial charge < -0.3 is 4.74 Å². The van der Waals surface area contributed by atoms with Crippen LogP contribution in [0.1, 0.15) is 37.8 Å². The van der Waals surface area contributed by atoms with Crippen LogP contribution in [0.25, 0.3) is 0 Å². The fraction of sp³-hybridized carbons (Fsp3) is 0.250. The minimum atomic E-state index is -1.10. The quantitative estimate of drug-likeness (QED) is 0.355. The Hall–Kier alpha value is -1.67. The van der Waals surface area contributed by atoms with Crippen LogP contribution in [0.3, 0.4) is 0 Å². The number of esters is 1. The molecule has 5 nitrogen and oxygen atoms in total. The molecule has 2 aliphatic heterocycles. The first-order chi connectivity index (χ1) is 13.9. The lowest BCUT2D eigenvalue weighted by molar-refractivity contribution is -0.138. The van der Waals surface area contributed by atoms with Crippen LogP contribution in [0.2, 0.25) is 10.0 Å². The number of rotatable bonds is 4. The van der Waals surface area contributed by atoms with Crippen molar-refractivity contribution >= 4 is 64.5 Å². The van der Waals surface area contributed by atoms with Gasteiger partial charge in [-0.25, -0.2) is 4.79 Å². The van der Waals surface area contributed by atoms with E-state index in [1.165, 1.54) is 24.6 Å². The molecule has 29 heavy (non-hydrogen) atoms. The molecule has 0 aromatic heterocycles. The van der Waals surface area contributed by atoms with Crippen LogP contribution in [0.15, 0.2) is 36.4 Å². The number of benzene rings is 2. The van der Waals surface area contributed by atoms with Crippen molar-refractivity contribution in [1.82, 2.24) is 4.90 Å². The molecule has 1 atom stereocenters. The number of hydrogen-bond donors (Lipinski definition) is 0. The average Bonchev–Trinajstić information content (AvgIpc) is 3.31. The normalized spacial score (nSPS) is 17.6. The first-order valence-electron chi connectivity index (χ1n) is 8.78. The smallest absolute Gasteiger partial charge is 0.334 e. The monoisotopic (exact) mass is 467 g/mol. The molecule has 2 aromatic rings. The lowest BCUT2D eigenvalue weighted by Gasteiger charge is -2.20. The van der Waals surface area contributed by atoms with E-state index in [2.05, 4.69) is 0 Å². The molecule has 1 saturated heterocycles. The van der Waals surface area contributed by atoms with Gasteiger partial charge in [0.15, 0.2) is 0 Å². The summed E-state index contributed by atoms with van der Waals surface area (Å²) in [5.74, 6) is 0.716. The molecule has 0 saturated carbocycles. The predicted octanol–water partition coefficient (Wildman–Crippen LogP) is 5.06. The predicted molar refractivity (Wildman–Crippen MR) is 116 cm³/mol. The Morgan fingerprint density at radius 2 is 1.55 bits per heavy atom. The van der Waals surface area contributed by atoms with Crippen molar-refractivity contribution in [3.8, 4) is 5.75 Å². The zero-order chi connectivity index (χ0) is 20.7. The first kappa shape index (κ1) is 20.6. The van der Waals surface area contributed by atoms with Crippen LogP contribution in [0.4, 0.5) is 0 Å². The number of imide groups is 1. The molecule has 0 radical (unpaired) electrons. The van der Waals surface area contributed by atoms with Gasteiger partial charge in [-0.3, -0.25) is 14.5 Å². The Balaban J connectivity index is 1.48. The Labute approximate surface area is 186 Å². The summed E-state index contributed by atoms with van der Waals surface area (Å²) in [4.78, 5) is 38.8. The molecule has 1 fully saturated rings. The van der Waals surface area contributed by atoms with Crippen LogP contribution < -0.4 is 4.74 Å². The van der Waals surface area contributed by atoms with Crippen molar-refractivity contribution in [2.45, 2.75) is 17.5 Å². The standard InChI is InChI=1S/C20H15Cl2NO4S2/c1-10(23-17(24)13-8-15(21)16(22)9-14(13)18(23)25)19(26)27-12-4-2-11(3-5-12)20-28-6-7-29-20/h2-5,8-10,20H,6-7H2,1H3. The molecule has 0 spiro atoms. The molecule has 4 rings (SSSR count). The Kier molecular flexibility index (Phi) is 5.84. The van der Waals surface area contributed by atoms with Gasteiger partial charge in [0.2, 0.25) is 0 Å². The highest BCUT2D eigenvalue weighted by Gasteiger charge is 2.42. The molecular weight excluding hydrogens is 453 g/mol. The molecule has 0 aliphatic carbocycles. The van der Waals surface area contributed by atoms with E-state index in [1.807, 2.05) is 35.7 Å². The largest absolute Gasteiger partial charge is 0.425 e. The third-order valence-corrected chi connectivity index (χ3v) is 8.51. The summed E-state index contributed by atoms with van der Waals surface area (Å²) in [6.45, 7) is 1.45. The van der Waals surface area contributed by atoms with Crippen molar-refractivity contribution in [3.63, 3.8) is 0 Å². The SMILES string of the molecule is CC(C(=O)Oc1ccc(C2SCCS2)cc1)N1C(=O)c2cc(Cl)c(Cl)cc2C1=O. The Morgan fingerprint density at radius 3 is 2.07 bits per heavy atom. The van der Waals surface area contributed by atoms with Gasteiger partial charge in [-0.15, -0.1) is 23.5 Å². The molecule has 1 unspecified atom stereocenters. The maximum Gasteiger partial charge on any atom is 0.334 e. The van der Waals surface area contributed by atoms with E-state index in [0.29, 0.717) is 10.3 Å². The van der Waals surface area contributed by atoms with Crippen molar-refractivity contribution in [2.24, 2.45) is 0 Å². The highest BCUT2D eigenvalue weighted by molar-refractivity contribution is 8.19. The average molecular weight is 468 g/mol. The summed E-state index contributed by atoms with van der Waals surface area (Å²) in [6, 6.07) is 8.89. The van der Waals surface area contributed by atoms with Crippen LogP contribution in [0, 0.1) is 0 Å². The summed E-state index contributed by atoms with van der Waals surface area (Å²) in [5, 5.41) is 0.338. The number of ether oxygens (including phenoxy) is 1. The molecule has 2 heterocycles. The second-order valence-electron chi connectivity index (χ2n) is 6.53. The van der Waals surface area contributed by atoms with Crippen molar-refractivity contribution < 1.29 is 19.1 Å². The highest BCUT2D eigenvalue weighted by atomic mass is 35.5. The fourth-order valence-electron chi connectivity index (χ4n) is 3.15. The number of hydrogen-bond acceptors (Lipinski definition) is 6. The lowest BCUT2D eigenvalue weighted by Crippen LogP contribution is -2.44. The number of amides is 2. The van der Waals surface area contributed by atoms with Crippen LogP contribution >= 0.6 is 46.7 Å². The maximum atomic E-state index is 12.7. The Bertz CT molecular complexity index is 965. The third-order valence-electron chi connectivity index (χ3n) is 4.68. The van der Waals surface area contributed by atoms with E-state index in [1.54, 1.807) is 12.1 Å². The van der Waals surface area contributed by atoms with E-state index in [-0.39, 0.29) is 21.2 Å². The van der Waals surface area contributed by atoms with Crippen LogP contribution in [0.5, 0.6) is 5.75 Å². The molecule has 9 heteroatoms. The number of nitrogens with zero attached hydrogens (tertiary/aromatic N) is 1. The molecule has 0 N–H and O–H groups in total. The summed E-state index contributed by atoms with van der Waals surface area (Å²) >= 11 is 15.7. The van der Waals surface area contributed by atoms with Gasteiger partial charge in [0, 0.05) is 11.5 Å². The summed E-state index contributed by atoms with van der Waals surface area (Å²) in [7, 11) is 0. The van der Waals surface area contributed by atoms with Crippen molar-refractivity contribution in [1.29, 1.82) is 0 Å². The van der Waals surface area contributed by atoms with Gasteiger partial charge in [0.05, 0.1) is 25.8 Å². The first-order valence-corrected chi connectivity index (χ1v) is 11.6. The lowest BCUT2D eigenvalue weighted by atomic mass is 10.1. The topological polar surface area (TPSA) is 63.7 Å². The van der Waals surface area contributed by atoms with Gasteiger partial charge in [0.25, 0.3) is 11.8 Å². The zero-order valence-corrected chi connectivity index (χ0v) is 18.3. The highest BCUT2D eigenvalue weighted by Crippen LogP contribution is 2.45. The van der Waals surface area contributed by atoms with E-state index in [0.717, 1.165) is 16.4 Å². The van der Waals surface area contributed by atoms with Gasteiger partial charge in [0.1, 0.15) is 11.8 Å². The second-order valence-corrected chi connectivity index (χ2v) is 10.1. The number of thioether (sulfide) groups is 2. The number of carbonyl (C=O) groups excluding carboxylic acids is 3. The van der Waals surface area contributed by atoms with Crippen LogP contribution in [-0.2, 0) is 4.79 Å². The second kappa shape index (κ2) is 8.22. The third kappa shape index (κ3) is 3.89. The number of carbonyl (C=O) groups is 3. The zero-order valence-electron chi connectivity index (χ0n) is 15.2. The van der Waals surface area contributed by atoms with E-state index in [4.69, 9.17) is 27.9 Å². The van der Waals surface area contributed by atoms with Crippen molar-refractivity contribution in [2.75, 3.05) is 11.5 Å².